The van der Waals surface area contributed by atoms with Crippen LogP contribution in [0, 0.1) is 25.2 Å². The van der Waals surface area contributed by atoms with Crippen LogP contribution in [0.25, 0.3) is 0 Å². The van der Waals surface area contributed by atoms with Crippen molar-refractivity contribution in [2.45, 2.75) is 39.8 Å². The summed E-state index contributed by atoms with van der Waals surface area (Å²) in [5.41, 5.74) is 2.54. The van der Waals surface area contributed by atoms with Gasteiger partial charge >= 0.3 is 0 Å². The van der Waals surface area contributed by atoms with Crippen molar-refractivity contribution in [3.05, 3.63) is 35.4 Å². The SMILES string of the molecule is C#CCOCC(O)CN(CCC(C)C)Cc1cccc(C)c1. The van der Waals surface area contributed by atoms with Crippen molar-refractivity contribution < 1.29 is 9.84 Å². The Kier molecular flexibility index (Phi) is 8.84. The quantitative estimate of drug-likeness (QED) is 0.533. The second-order valence-electron chi connectivity index (χ2n) is 6.28. The van der Waals surface area contributed by atoms with Gasteiger partial charge in [0.1, 0.15) is 6.61 Å². The molecule has 1 rings (SSSR count). The molecule has 0 saturated heterocycles. The molecule has 0 amide bonds. The van der Waals surface area contributed by atoms with Gasteiger partial charge in [0, 0.05) is 13.1 Å². The highest BCUT2D eigenvalue weighted by Crippen LogP contribution is 2.11. The molecule has 22 heavy (non-hydrogen) atoms. The molecule has 3 nitrogen and oxygen atoms in total. The maximum atomic E-state index is 10.1. The first-order valence-electron chi connectivity index (χ1n) is 7.98. The molecular weight excluding hydrogens is 274 g/mol. The minimum atomic E-state index is -0.509. The van der Waals surface area contributed by atoms with Gasteiger partial charge < -0.3 is 9.84 Å². The summed E-state index contributed by atoms with van der Waals surface area (Å²) in [6.07, 6.45) is 5.75. The van der Waals surface area contributed by atoms with Crippen LogP contribution in [0.15, 0.2) is 24.3 Å². The molecule has 0 aliphatic rings. The monoisotopic (exact) mass is 303 g/mol. The van der Waals surface area contributed by atoms with Gasteiger partial charge in [0.2, 0.25) is 0 Å². The fourth-order valence-electron chi connectivity index (χ4n) is 2.35. The van der Waals surface area contributed by atoms with E-state index in [0.29, 0.717) is 12.5 Å². The largest absolute Gasteiger partial charge is 0.389 e. The summed E-state index contributed by atoms with van der Waals surface area (Å²) < 4.78 is 5.23. The van der Waals surface area contributed by atoms with Crippen molar-refractivity contribution in [3.8, 4) is 12.3 Å². The predicted octanol–water partition coefficient (Wildman–Crippen LogP) is 2.85. The number of aliphatic hydroxyl groups excluding tert-OH is 1. The van der Waals surface area contributed by atoms with Crippen molar-refractivity contribution in [1.29, 1.82) is 0 Å². The average Bonchev–Trinajstić information content (AvgIpc) is 2.45. The first-order chi connectivity index (χ1) is 10.5. The number of nitrogens with zero attached hydrogens (tertiary/aromatic N) is 1. The summed E-state index contributed by atoms with van der Waals surface area (Å²) in [5.74, 6) is 3.06. The summed E-state index contributed by atoms with van der Waals surface area (Å²) in [7, 11) is 0. The Labute approximate surface area is 135 Å². The number of hydrogen-bond acceptors (Lipinski definition) is 3. The molecule has 0 spiro atoms. The van der Waals surface area contributed by atoms with Crippen LogP contribution in [0.1, 0.15) is 31.4 Å². The molecule has 0 aliphatic heterocycles. The molecule has 0 bridgehead atoms. The summed E-state index contributed by atoms with van der Waals surface area (Å²) in [6, 6.07) is 8.52. The van der Waals surface area contributed by atoms with E-state index in [2.05, 4.69) is 55.9 Å². The second kappa shape index (κ2) is 10.4. The van der Waals surface area contributed by atoms with Crippen LogP contribution >= 0.6 is 0 Å². The fraction of sp³-hybridized carbons (Fsp3) is 0.579. The van der Waals surface area contributed by atoms with Gasteiger partial charge in [-0.15, -0.1) is 6.42 Å². The molecule has 0 aliphatic carbocycles. The number of aryl methyl sites for hydroxylation is 1. The molecule has 0 saturated carbocycles. The molecule has 0 aromatic heterocycles. The molecule has 0 heterocycles. The Bertz CT molecular complexity index is 465. The van der Waals surface area contributed by atoms with Crippen LogP contribution in [-0.2, 0) is 11.3 Å². The summed E-state index contributed by atoms with van der Waals surface area (Å²) in [4.78, 5) is 2.29. The van der Waals surface area contributed by atoms with Gasteiger partial charge in [0.25, 0.3) is 0 Å². The minimum Gasteiger partial charge on any atom is -0.389 e. The highest BCUT2D eigenvalue weighted by atomic mass is 16.5. The van der Waals surface area contributed by atoms with Gasteiger partial charge in [-0.1, -0.05) is 49.6 Å². The third kappa shape index (κ3) is 8.19. The number of ether oxygens (including phenoxy) is 1. The number of aliphatic hydroxyl groups is 1. The molecule has 0 fully saturated rings. The van der Waals surface area contributed by atoms with E-state index in [1.807, 2.05) is 0 Å². The lowest BCUT2D eigenvalue weighted by molar-refractivity contribution is 0.0252. The van der Waals surface area contributed by atoms with Crippen molar-refractivity contribution in [2.75, 3.05) is 26.3 Å². The van der Waals surface area contributed by atoms with E-state index < -0.39 is 6.10 Å². The first-order valence-corrected chi connectivity index (χ1v) is 7.98. The Balaban J connectivity index is 2.57. The van der Waals surface area contributed by atoms with Gasteiger partial charge in [0.05, 0.1) is 12.7 Å². The van der Waals surface area contributed by atoms with E-state index in [0.717, 1.165) is 19.5 Å². The van der Waals surface area contributed by atoms with Crippen LogP contribution in [-0.4, -0.2) is 42.4 Å². The van der Waals surface area contributed by atoms with Gasteiger partial charge in [-0.3, -0.25) is 4.90 Å². The lowest BCUT2D eigenvalue weighted by atomic mass is 10.1. The smallest absolute Gasteiger partial charge is 0.107 e. The highest BCUT2D eigenvalue weighted by Gasteiger charge is 2.13. The lowest BCUT2D eigenvalue weighted by Crippen LogP contribution is -2.35. The van der Waals surface area contributed by atoms with Gasteiger partial charge in [-0.05, 0) is 31.4 Å². The molecule has 0 radical (unpaired) electrons. The lowest BCUT2D eigenvalue weighted by Gasteiger charge is -2.26. The van der Waals surface area contributed by atoms with Gasteiger partial charge in [-0.25, -0.2) is 0 Å². The number of hydrogen-bond donors (Lipinski definition) is 1. The number of rotatable bonds is 10. The molecule has 1 aromatic rings. The zero-order valence-electron chi connectivity index (χ0n) is 14.1. The predicted molar refractivity (Wildman–Crippen MR) is 91.6 cm³/mol. The summed E-state index contributed by atoms with van der Waals surface area (Å²) >= 11 is 0. The summed E-state index contributed by atoms with van der Waals surface area (Å²) in [5, 5.41) is 10.1. The van der Waals surface area contributed by atoms with E-state index in [-0.39, 0.29) is 13.2 Å². The van der Waals surface area contributed by atoms with E-state index >= 15 is 0 Å². The van der Waals surface area contributed by atoms with E-state index in [4.69, 9.17) is 11.2 Å². The summed E-state index contributed by atoms with van der Waals surface area (Å²) in [6.45, 7) is 9.50. The van der Waals surface area contributed by atoms with Crippen LogP contribution in [0.3, 0.4) is 0 Å². The maximum absolute atomic E-state index is 10.1. The molecule has 1 unspecified atom stereocenters. The second-order valence-corrected chi connectivity index (χ2v) is 6.28. The highest BCUT2D eigenvalue weighted by molar-refractivity contribution is 5.22. The Morgan fingerprint density at radius 3 is 2.77 bits per heavy atom. The zero-order chi connectivity index (χ0) is 16.4. The van der Waals surface area contributed by atoms with Crippen molar-refractivity contribution >= 4 is 0 Å². The minimum absolute atomic E-state index is 0.251. The van der Waals surface area contributed by atoms with E-state index in [1.54, 1.807) is 0 Å². The number of benzene rings is 1. The van der Waals surface area contributed by atoms with Crippen LogP contribution in [0.5, 0.6) is 0 Å². The van der Waals surface area contributed by atoms with Crippen molar-refractivity contribution in [1.82, 2.24) is 4.90 Å². The molecule has 1 N–H and O–H groups in total. The van der Waals surface area contributed by atoms with Crippen LogP contribution < -0.4 is 0 Å². The third-order valence-corrected chi connectivity index (χ3v) is 3.48. The maximum Gasteiger partial charge on any atom is 0.107 e. The van der Waals surface area contributed by atoms with Crippen LogP contribution in [0.4, 0.5) is 0 Å². The molecule has 1 atom stereocenters. The Morgan fingerprint density at radius 1 is 1.36 bits per heavy atom. The standard InChI is InChI=1S/C19H29NO2/c1-5-11-22-15-19(21)14-20(10-9-16(2)3)13-18-8-6-7-17(4)12-18/h1,6-8,12,16,19,21H,9-11,13-15H2,2-4H3. The first kappa shape index (κ1) is 18.7. The molecular formula is C19H29NO2. The molecule has 1 aromatic carbocycles. The average molecular weight is 303 g/mol. The Hall–Kier alpha value is -1.34. The normalized spacial score (nSPS) is 12.6. The topological polar surface area (TPSA) is 32.7 Å². The van der Waals surface area contributed by atoms with Gasteiger partial charge in [0.15, 0.2) is 0 Å². The number of terminal acetylenes is 1. The fourth-order valence-corrected chi connectivity index (χ4v) is 2.35. The molecule has 3 heteroatoms. The van der Waals surface area contributed by atoms with Gasteiger partial charge in [-0.2, -0.15) is 0 Å². The third-order valence-electron chi connectivity index (χ3n) is 3.48. The van der Waals surface area contributed by atoms with E-state index in [9.17, 15) is 5.11 Å². The van der Waals surface area contributed by atoms with Crippen molar-refractivity contribution in [2.24, 2.45) is 5.92 Å². The molecule has 122 valence electrons. The Morgan fingerprint density at radius 2 is 2.14 bits per heavy atom. The van der Waals surface area contributed by atoms with Crippen molar-refractivity contribution in [3.63, 3.8) is 0 Å². The van der Waals surface area contributed by atoms with Crippen LogP contribution in [0.2, 0.25) is 0 Å². The van der Waals surface area contributed by atoms with E-state index in [1.165, 1.54) is 11.1 Å². The zero-order valence-corrected chi connectivity index (χ0v) is 14.1.